The molecule has 4 rings (SSSR count). The molecule has 2 aliphatic rings. The summed E-state index contributed by atoms with van der Waals surface area (Å²) in [5.41, 5.74) is -1.20. The summed E-state index contributed by atoms with van der Waals surface area (Å²) in [4.78, 5) is 31.0. The minimum atomic E-state index is -0.751. The van der Waals surface area contributed by atoms with Crippen LogP contribution in [0, 0.1) is 23.1 Å². The number of nitrogens with one attached hydrogen (secondary N) is 1. The molecule has 3 heterocycles. The van der Waals surface area contributed by atoms with Gasteiger partial charge in [-0.2, -0.15) is 9.94 Å². The molecule has 0 radical (unpaired) electrons. The van der Waals surface area contributed by atoms with Gasteiger partial charge in [-0.05, 0) is 38.3 Å². The second kappa shape index (κ2) is 6.91. The zero-order valence-corrected chi connectivity index (χ0v) is 15.6. The van der Waals surface area contributed by atoms with Crippen molar-refractivity contribution in [2.75, 3.05) is 30.9 Å². The van der Waals surface area contributed by atoms with Gasteiger partial charge in [0, 0.05) is 25.2 Å². The highest BCUT2D eigenvalue weighted by molar-refractivity contribution is 5.77. The molecule has 2 fully saturated rings. The minimum absolute atomic E-state index is 0.00331. The van der Waals surface area contributed by atoms with Crippen molar-refractivity contribution >= 4 is 16.9 Å². The summed E-state index contributed by atoms with van der Waals surface area (Å²) in [6.07, 6.45) is 2.77. The van der Waals surface area contributed by atoms with E-state index in [1.54, 1.807) is 0 Å². The molecule has 0 bridgehead atoms. The van der Waals surface area contributed by atoms with Crippen LogP contribution in [-0.4, -0.2) is 40.4 Å². The Labute approximate surface area is 160 Å². The van der Waals surface area contributed by atoms with Crippen molar-refractivity contribution in [2.45, 2.75) is 37.8 Å². The molecule has 2 aromatic rings. The SMILES string of the molecule is CNC(CC#N)C1CCN(c2nc3c(cc2F)c(=O)n(N)c(=O)n3C2CC2)C1. The Hall–Kier alpha value is -2.93. The van der Waals surface area contributed by atoms with Crippen LogP contribution in [0.3, 0.4) is 0 Å². The summed E-state index contributed by atoms with van der Waals surface area (Å²) in [7, 11) is 1.81. The van der Waals surface area contributed by atoms with E-state index in [9.17, 15) is 14.0 Å². The lowest BCUT2D eigenvalue weighted by Crippen LogP contribution is -2.45. The molecular formula is C18H22FN7O2. The number of pyridine rings is 1. The summed E-state index contributed by atoms with van der Waals surface area (Å²) < 4.78 is 16.8. The van der Waals surface area contributed by atoms with Gasteiger partial charge in [0.15, 0.2) is 17.3 Å². The predicted octanol–water partition coefficient (Wildman–Crippen LogP) is 0.0740. The van der Waals surface area contributed by atoms with E-state index in [2.05, 4.69) is 16.4 Å². The monoisotopic (exact) mass is 387 g/mol. The van der Waals surface area contributed by atoms with Gasteiger partial charge in [-0.25, -0.2) is 14.2 Å². The highest BCUT2D eigenvalue weighted by atomic mass is 19.1. The van der Waals surface area contributed by atoms with Crippen molar-refractivity contribution in [3.8, 4) is 6.07 Å². The lowest BCUT2D eigenvalue weighted by Gasteiger charge is -2.22. The lowest BCUT2D eigenvalue weighted by atomic mass is 9.97. The van der Waals surface area contributed by atoms with Crippen molar-refractivity contribution in [3.63, 3.8) is 0 Å². The topological polar surface area (TPSA) is 122 Å². The van der Waals surface area contributed by atoms with Gasteiger partial charge in [-0.15, -0.1) is 0 Å². The van der Waals surface area contributed by atoms with Crippen LogP contribution in [0.15, 0.2) is 15.7 Å². The van der Waals surface area contributed by atoms with Crippen molar-refractivity contribution < 1.29 is 4.39 Å². The first kappa shape index (κ1) is 18.4. The number of nitrogen functional groups attached to an aromatic ring is 1. The molecule has 148 valence electrons. The number of anilines is 1. The molecule has 9 nitrogen and oxygen atoms in total. The fourth-order valence-corrected chi connectivity index (χ4v) is 4.03. The Morgan fingerprint density at radius 1 is 1.43 bits per heavy atom. The standard InChI is InChI=1S/C18H22FN7O2/c1-22-14(4-6-20)10-5-7-24(9-10)16-13(19)8-12-15(23-16)25(11-2-3-11)18(28)26(21)17(12)27/h8,10-11,14,22H,2-5,7,9,21H2,1H3. The number of nitriles is 1. The Bertz CT molecular complexity index is 1080. The van der Waals surface area contributed by atoms with Gasteiger partial charge in [0.2, 0.25) is 0 Å². The summed E-state index contributed by atoms with van der Waals surface area (Å²) in [5.74, 6) is 5.29. The number of nitrogens with zero attached hydrogens (tertiary/aromatic N) is 5. The van der Waals surface area contributed by atoms with E-state index in [4.69, 9.17) is 11.1 Å². The maximum atomic E-state index is 14.8. The molecule has 10 heteroatoms. The van der Waals surface area contributed by atoms with E-state index >= 15 is 0 Å². The second-order valence-electron chi connectivity index (χ2n) is 7.48. The molecule has 0 amide bonds. The van der Waals surface area contributed by atoms with Gasteiger partial charge in [0.1, 0.15) is 0 Å². The van der Waals surface area contributed by atoms with E-state index in [-0.39, 0.29) is 34.9 Å². The first-order chi connectivity index (χ1) is 13.5. The first-order valence-corrected chi connectivity index (χ1v) is 9.38. The van der Waals surface area contributed by atoms with Crippen molar-refractivity contribution in [1.82, 2.24) is 19.5 Å². The molecule has 1 saturated carbocycles. The first-order valence-electron chi connectivity index (χ1n) is 9.38. The van der Waals surface area contributed by atoms with Crippen LogP contribution in [0.5, 0.6) is 0 Å². The number of hydrogen-bond donors (Lipinski definition) is 2. The van der Waals surface area contributed by atoms with Gasteiger partial charge in [0.05, 0.1) is 17.9 Å². The van der Waals surface area contributed by atoms with Crippen LogP contribution < -0.4 is 27.3 Å². The molecule has 3 N–H and O–H groups in total. The highest BCUT2D eigenvalue weighted by Crippen LogP contribution is 2.36. The predicted molar refractivity (Wildman–Crippen MR) is 102 cm³/mol. The number of hydrogen-bond acceptors (Lipinski definition) is 7. The van der Waals surface area contributed by atoms with E-state index in [1.165, 1.54) is 4.57 Å². The van der Waals surface area contributed by atoms with E-state index in [0.717, 1.165) is 25.3 Å². The molecule has 2 unspecified atom stereocenters. The fourth-order valence-electron chi connectivity index (χ4n) is 4.03. The molecule has 28 heavy (non-hydrogen) atoms. The molecule has 2 atom stereocenters. The third-order valence-corrected chi connectivity index (χ3v) is 5.71. The van der Waals surface area contributed by atoms with Crippen LogP contribution in [-0.2, 0) is 0 Å². The van der Waals surface area contributed by atoms with E-state index in [0.29, 0.717) is 24.2 Å². The maximum absolute atomic E-state index is 14.8. The van der Waals surface area contributed by atoms with Crippen molar-refractivity contribution in [2.24, 2.45) is 5.92 Å². The van der Waals surface area contributed by atoms with Crippen LogP contribution in [0.1, 0.15) is 31.7 Å². The summed E-state index contributed by atoms with van der Waals surface area (Å²) in [6, 6.07) is 3.26. The quantitative estimate of drug-likeness (QED) is 0.697. The molecule has 0 aromatic carbocycles. The lowest BCUT2D eigenvalue weighted by molar-refractivity contribution is 0.406. The smallest absolute Gasteiger partial charge is 0.351 e. The van der Waals surface area contributed by atoms with Crippen molar-refractivity contribution in [3.05, 3.63) is 32.7 Å². The van der Waals surface area contributed by atoms with Gasteiger partial charge in [-0.3, -0.25) is 9.36 Å². The maximum Gasteiger partial charge on any atom is 0.351 e. The summed E-state index contributed by atoms with van der Waals surface area (Å²) >= 11 is 0. The van der Waals surface area contributed by atoms with Gasteiger partial charge >= 0.3 is 5.69 Å². The van der Waals surface area contributed by atoms with Gasteiger partial charge in [0.25, 0.3) is 5.56 Å². The Kier molecular flexibility index (Phi) is 4.55. The molecule has 1 aliphatic carbocycles. The van der Waals surface area contributed by atoms with Gasteiger partial charge < -0.3 is 16.1 Å². The number of rotatable bonds is 5. The zero-order chi connectivity index (χ0) is 20.0. The van der Waals surface area contributed by atoms with Crippen LogP contribution in [0.25, 0.3) is 11.0 Å². The molecule has 0 spiro atoms. The largest absolute Gasteiger partial charge is 0.354 e. The molecular weight excluding hydrogens is 365 g/mol. The fraction of sp³-hybridized carbons (Fsp3) is 0.556. The average Bonchev–Trinajstić information content (AvgIpc) is 3.40. The zero-order valence-electron chi connectivity index (χ0n) is 15.6. The number of fused-ring (bicyclic) bond motifs is 1. The van der Waals surface area contributed by atoms with Gasteiger partial charge in [-0.1, -0.05) is 0 Å². The third-order valence-electron chi connectivity index (χ3n) is 5.71. The molecule has 1 aliphatic heterocycles. The Morgan fingerprint density at radius 3 is 2.82 bits per heavy atom. The molecule has 2 aromatic heterocycles. The van der Waals surface area contributed by atoms with Crippen LogP contribution >= 0.6 is 0 Å². The number of nitrogens with two attached hydrogens (primary N) is 1. The average molecular weight is 387 g/mol. The van der Waals surface area contributed by atoms with Crippen molar-refractivity contribution in [1.29, 1.82) is 5.26 Å². The second-order valence-corrected chi connectivity index (χ2v) is 7.48. The van der Waals surface area contributed by atoms with Crippen LogP contribution in [0.4, 0.5) is 10.2 Å². The minimum Gasteiger partial charge on any atom is -0.354 e. The van der Waals surface area contributed by atoms with E-state index < -0.39 is 17.1 Å². The highest BCUT2D eigenvalue weighted by Gasteiger charge is 2.33. The molecule has 1 saturated heterocycles. The van der Waals surface area contributed by atoms with E-state index in [1.807, 2.05) is 11.9 Å². The Balaban J connectivity index is 1.77. The number of halogens is 1. The number of aromatic nitrogens is 3. The third kappa shape index (κ3) is 2.92. The van der Waals surface area contributed by atoms with Crippen LogP contribution in [0.2, 0.25) is 0 Å². The summed E-state index contributed by atoms with van der Waals surface area (Å²) in [6.45, 7) is 1.13. The Morgan fingerprint density at radius 2 is 2.18 bits per heavy atom. The normalized spacial score (nSPS) is 20.5. The summed E-state index contributed by atoms with van der Waals surface area (Å²) in [5, 5.41) is 12.1.